The fraction of sp³-hybridized carbons (Fsp3) is 0.548. The minimum Gasteiger partial charge on any atom is -0.370 e. The van der Waals surface area contributed by atoms with Gasteiger partial charge in [0.1, 0.15) is 42.3 Å². The van der Waals surface area contributed by atoms with Crippen molar-refractivity contribution in [3.8, 4) is 0 Å². The fourth-order valence-corrected chi connectivity index (χ4v) is 14.1. The lowest BCUT2D eigenvalue weighted by Gasteiger charge is -2.56. The highest BCUT2D eigenvalue weighted by Crippen LogP contribution is 2.61. The van der Waals surface area contributed by atoms with Gasteiger partial charge in [-0.15, -0.1) is 0 Å². The van der Waals surface area contributed by atoms with Crippen molar-refractivity contribution in [2.24, 2.45) is 62.7 Å². The molecule has 89 heavy (non-hydrogen) atoms. The number of H-pyrrole nitrogens is 2. The van der Waals surface area contributed by atoms with E-state index < -0.39 is 133 Å². The molecule has 4 aromatic rings. The molecule has 0 unspecified atom stereocenters. The molecule has 5 aliphatic rings. The smallest absolute Gasteiger partial charge is 0.246 e. The Bertz CT molecular complexity index is 3280. The van der Waals surface area contributed by atoms with Crippen molar-refractivity contribution in [3.05, 3.63) is 72.1 Å². The predicted molar refractivity (Wildman–Crippen MR) is 329 cm³/mol. The molecule has 3 heterocycles. The van der Waals surface area contributed by atoms with Crippen LogP contribution in [0.4, 0.5) is 0 Å². The number of nitrogens with two attached hydrogens (primary N) is 5. The summed E-state index contributed by atoms with van der Waals surface area (Å²) >= 11 is 0. The Kier molecular flexibility index (Phi) is 22.1. The number of nitrogens with one attached hydrogen (secondary N) is 9. The van der Waals surface area contributed by atoms with Gasteiger partial charge in [-0.25, -0.2) is 0 Å². The van der Waals surface area contributed by atoms with Crippen LogP contribution in [0.3, 0.4) is 0 Å². The summed E-state index contributed by atoms with van der Waals surface area (Å²) in [6.45, 7) is 3.17. The van der Waals surface area contributed by atoms with Crippen LogP contribution in [0.5, 0.6) is 0 Å². The number of hydrogen-bond donors (Lipinski definition) is 14. The van der Waals surface area contributed by atoms with Crippen molar-refractivity contribution in [1.29, 1.82) is 0 Å². The molecule has 2 aromatic carbocycles. The zero-order valence-corrected chi connectivity index (χ0v) is 50.5. The molecule has 4 aliphatic carbocycles. The van der Waals surface area contributed by atoms with Crippen LogP contribution in [0.2, 0.25) is 0 Å². The molecule has 0 radical (unpaired) electrons. The Hall–Kier alpha value is -9.04. The standard InChI is InChI=1S/C62H86N16O11/c1-3-33(2)53(77-57(86)45(23-37-30-69-41-12-6-4-10-39(37)41)72-52(82)29-62-26-34-20-35(27-62)22-36(21-34)28-62)59(88)74-44(16-17-49(63)79)55(84)75-46(25-50(64)80)56(85)76-47(24-38-31-70-42-13-7-5-11-40(38)42)60(89)78-19-9-15-48(78)58(87)73-43(14-8-18-68-61(66)67)54(83)71-32-51(65)81/h4-7,10-13,30-31,33-36,43-48,53,69-70H,3,8-9,14-29,32H2,1-2H3,(H2,63,79)(H2,64,80)(H2,65,81)(H,71,83)(H,72,82)(H,73,87)(H,74,88)(H,75,84)(H,76,85)(H,77,86)(H4,66,67,68)/t33-,34?,35?,36?,43-,44-,45+,46-,47-,48-,53-,62?/m0/s1. The van der Waals surface area contributed by atoms with Crippen LogP contribution in [0.15, 0.2) is 65.9 Å². The number of amides is 11. The maximum Gasteiger partial charge on any atom is 0.246 e. The van der Waals surface area contributed by atoms with Crippen molar-refractivity contribution in [3.63, 3.8) is 0 Å². The number of aliphatic imine (C=N–C) groups is 1. The van der Waals surface area contributed by atoms with Gasteiger partial charge in [0.2, 0.25) is 65.0 Å². The number of guanidine groups is 1. The summed E-state index contributed by atoms with van der Waals surface area (Å²) in [4.78, 5) is 164. The highest BCUT2D eigenvalue weighted by atomic mass is 16.2. The molecule has 1 aliphatic heterocycles. The number of primary amides is 3. The lowest BCUT2D eigenvalue weighted by Crippen LogP contribution is -2.61. The van der Waals surface area contributed by atoms with Gasteiger partial charge in [0.15, 0.2) is 5.96 Å². The molecule has 19 N–H and O–H groups in total. The number of benzene rings is 2. The van der Waals surface area contributed by atoms with Gasteiger partial charge in [0.25, 0.3) is 0 Å². The number of fused-ring (bicyclic) bond motifs is 2. The molecule has 9 rings (SSSR count). The van der Waals surface area contributed by atoms with Gasteiger partial charge in [0.05, 0.1) is 13.0 Å². The summed E-state index contributed by atoms with van der Waals surface area (Å²) in [5.41, 5.74) is 30.2. The number of rotatable bonds is 32. The van der Waals surface area contributed by atoms with Crippen molar-refractivity contribution in [1.82, 2.24) is 52.1 Å². The largest absolute Gasteiger partial charge is 0.370 e. The first-order chi connectivity index (χ1) is 42.5. The minimum atomic E-state index is -1.79. The highest BCUT2D eigenvalue weighted by molar-refractivity contribution is 6.00. The van der Waals surface area contributed by atoms with Gasteiger partial charge in [-0.05, 0) is 123 Å². The van der Waals surface area contributed by atoms with Crippen LogP contribution in [0.1, 0.15) is 121 Å². The number of aromatic amines is 2. The van der Waals surface area contributed by atoms with E-state index in [9.17, 15) is 52.7 Å². The topological polar surface area (TPSA) is 449 Å². The molecule has 2 aromatic heterocycles. The number of aromatic nitrogens is 2. The summed E-state index contributed by atoms with van der Waals surface area (Å²) in [5.74, 6) is -7.68. The zero-order valence-electron chi connectivity index (χ0n) is 50.5. The quantitative estimate of drug-likeness (QED) is 0.0171. The van der Waals surface area contributed by atoms with E-state index >= 15 is 0 Å². The third-order valence-electron chi connectivity index (χ3n) is 18.2. The van der Waals surface area contributed by atoms with Crippen molar-refractivity contribution in [2.45, 2.75) is 165 Å². The molecule has 1 saturated heterocycles. The summed E-state index contributed by atoms with van der Waals surface area (Å²) in [6.07, 6.45) is 9.63. The van der Waals surface area contributed by atoms with Crippen LogP contribution < -0.4 is 65.9 Å². The molecule has 480 valence electrons. The van der Waals surface area contributed by atoms with Gasteiger partial charge in [-0.1, -0.05) is 56.7 Å². The number of likely N-dealkylation sites (tertiary alicyclic amines) is 1. The van der Waals surface area contributed by atoms with E-state index in [-0.39, 0.29) is 68.9 Å². The Labute approximate surface area is 515 Å². The highest BCUT2D eigenvalue weighted by Gasteiger charge is 2.52. The van der Waals surface area contributed by atoms with Crippen LogP contribution in [0.25, 0.3) is 21.8 Å². The second-order valence-corrected chi connectivity index (χ2v) is 25.0. The molecule has 5 fully saturated rings. The minimum absolute atomic E-state index is 0.0255. The maximum absolute atomic E-state index is 15.0. The third-order valence-corrected chi connectivity index (χ3v) is 18.2. The van der Waals surface area contributed by atoms with E-state index in [0.717, 1.165) is 35.7 Å². The van der Waals surface area contributed by atoms with E-state index in [1.54, 1.807) is 50.5 Å². The van der Waals surface area contributed by atoms with Gasteiger partial charge in [-0.3, -0.25) is 57.7 Å². The van der Waals surface area contributed by atoms with E-state index in [1.165, 1.54) is 24.2 Å². The number of para-hydroxylation sites is 2. The molecule has 27 heteroatoms. The number of carbonyl (C=O) groups excluding carboxylic acids is 11. The zero-order chi connectivity index (χ0) is 64.1. The fourth-order valence-electron chi connectivity index (χ4n) is 14.1. The van der Waals surface area contributed by atoms with E-state index in [4.69, 9.17) is 28.7 Å². The average Bonchev–Trinajstić information content (AvgIpc) is 2.04. The summed E-state index contributed by atoms with van der Waals surface area (Å²) < 4.78 is 0. The first-order valence-corrected chi connectivity index (χ1v) is 30.9. The SMILES string of the molecule is CC[C@H](C)[C@H](NC(=O)[C@@H](Cc1c[nH]c2ccccc12)NC(=O)CC12CC3CC(CC(C3)C1)C2)C(=O)N[C@@H](CCC(N)=O)C(=O)N[C@@H](CC(N)=O)C(=O)N[C@@H](Cc1c[nH]c2ccccc12)C(=O)N1CCC[C@H]1C(=O)N[C@@H](CCCN=C(N)N)C(=O)NCC(N)=O. The molecular formula is C62H86N16O11. The molecule has 0 spiro atoms. The Balaban J connectivity index is 1.00. The van der Waals surface area contributed by atoms with Crippen LogP contribution in [-0.4, -0.2) is 148 Å². The summed E-state index contributed by atoms with van der Waals surface area (Å²) in [6, 6.07) is 5.08. The monoisotopic (exact) mass is 1230 g/mol. The first-order valence-electron chi connectivity index (χ1n) is 30.9. The van der Waals surface area contributed by atoms with Crippen molar-refractivity contribution >= 4 is 92.7 Å². The Morgan fingerprint density at radius 2 is 1.18 bits per heavy atom. The van der Waals surface area contributed by atoms with Crippen molar-refractivity contribution < 1.29 is 52.7 Å². The van der Waals surface area contributed by atoms with Gasteiger partial charge < -0.3 is 80.8 Å². The Morgan fingerprint density at radius 1 is 0.629 bits per heavy atom. The second-order valence-electron chi connectivity index (χ2n) is 25.0. The lowest BCUT2D eigenvalue weighted by molar-refractivity contribution is -0.142. The normalized spacial score (nSPS) is 21.4. The molecule has 27 nitrogen and oxygen atoms in total. The average molecular weight is 1230 g/mol. The van der Waals surface area contributed by atoms with E-state index in [0.29, 0.717) is 47.1 Å². The number of nitrogens with zero attached hydrogens (tertiary/aromatic N) is 2. The van der Waals surface area contributed by atoms with Crippen molar-refractivity contribution in [2.75, 3.05) is 19.6 Å². The van der Waals surface area contributed by atoms with E-state index in [2.05, 4.69) is 52.2 Å². The molecule has 8 atom stereocenters. The third kappa shape index (κ3) is 17.4. The maximum atomic E-state index is 15.0. The summed E-state index contributed by atoms with van der Waals surface area (Å²) in [5, 5.41) is 20.4. The van der Waals surface area contributed by atoms with Gasteiger partial charge >= 0.3 is 0 Å². The van der Waals surface area contributed by atoms with Crippen LogP contribution >= 0.6 is 0 Å². The molecule has 11 amide bonds. The first kappa shape index (κ1) is 65.9. The van der Waals surface area contributed by atoms with E-state index in [1.807, 2.05) is 24.3 Å². The number of hydrogen-bond acceptors (Lipinski definition) is 12. The second kappa shape index (κ2) is 29.8. The van der Waals surface area contributed by atoms with Crippen LogP contribution in [0, 0.1) is 29.1 Å². The predicted octanol–water partition coefficient (Wildman–Crippen LogP) is -0.217. The summed E-state index contributed by atoms with van der Waals surface area (Å²) in [7, 11) is 0. The van der Waals surface area contributed by atoms with Gasteiger partial charge in [0, 0.05) is 73.0 Å². The molecule has 4 saturated carbocycles. The molecule has 4 bridgehead atoms. The van der Waals surface area contributed by atoms with Crippen LogP contribution in [-0.2, 0) is 65.6 Å². The number of carbonyl (C=O) groups is 11. The molecular weight excluding hydrogens is 1140 g/mol. The van der Waals surface area contributed by atoms with Gasteiger partial charge in [-0.2, -0.15) is 0 Å². The lowest BCUT2D eigenvalue weighted by atomic mass is 9.49. The Morgan fingerprint density at radius 3 is 1.75 bits per heavy atom.